The topological polar surface area (TPSA) is 27.7 Å². The molecule has 1 N–H and O–H groups in total. The van der Waals surface area contributed by atoms with Crippen LogP contribution in [0.4, 0.5) is 5.69 Å². The zero-order valence-electron chi connectivity index (χ0n) is 13.6. The summed E-state index contributed by atoms with van der Waals surface area (Å²) < 4.78 is 5.21. The van der Waals surface area contributed by atoms with Crippen molar-refractivity contribution in [3.8, 4) is 5.75 Å². The molecular weight excluding hydrogens is 262 g/mol. The third-order valence-corrected chi connectivity index (χ3v) is 4.41. The van der Waals surface area contributed by atoms with E-state index in [9.17, 15) is 0 Å². The first-order valence-electron chi connectivity index (χ1n) is 8.01. The molecule has 4 nitrogen and oxygen atoms in total. The van der Waals surface area contributed by atoms with E-state index in [-0.39, 0.29) is 0 Å². The third kappa shape index (κ3) is 4.90. The zero-order chi connectivity index (χ0) is 15.1. The van der Waals surface area contributed by atoms with Gasteiger partial charge in [-0.3, -0.25) is 4.90 Å². The van der Waals surface area contributed by atoms with E-state index < -0.39 is 0 Å². The molecule has 0 radical (unpaired) electrons. The lowest BCUT2D eigenvalue weighted by molar-refractivity contribution is 0.249. The highest BCUT2D eigenvalue weighted by Crippen LogP contribution is 2.20. The normalized spacial score (nSPS) is 17.8. The Morgan fingerprint density at radius 3 is 2.38 bits per heavy atom. The van der Waals surface area contributed by atoms with E-state index in [0.29, 0.717) is 6.04 Å². The molecule has 1 aromatic rings. The predicted octanol–water partition coefficient (Wildman–Crippen LogP) is 2.21. The summed E-state index contributed by atoms with van der Waals surface area (Å²) in [5.41, 5.74) is 1.30. The lowest BCUT2D eigenvalue weighted by atomic mass is 10.1. The molecule has 0 bridgehead atoms. The molecule has 0 saturated carbocycles. The fourth-order valence-corrected chi connectivity index (χ4v) is 2.79. The van der Waals surface area contributed by atoms with Crippen LogP contribution in [0.25, 0.3) is 0 Å². The van der Waals surface area contributed by atoms with Crippen LogP contribution < -0.4 is 15.0 Å². The van der Waals surface area contributed by atoms with Crippen LogP contribution in [0.5, 0.6) is 5.75 Å². The van der Waals surface area contributed by atoms with Crippen LogP contribution in [-0.2, 0) is 0 Å². The van der Waals surface area contributed by atoms with Crippen molar-refractivity contribution in [2.45, 2.75) is 25.8 Å². The van der Waals surface area contributed by atoms with Crippen LogP contribution in [0.15, 0.2) is 24.3 Å². The number of hydrogen-bond donors (Lipinski definition) is 1. The first-order chi connectivity index (χ1) is 10.2. The molecule has 1 fully saturated rings. The van der Waals surface area contributed by atoms with E-state index in [1.54, 1.807) is 7.11 Å². The number of nitrogens with zero attached hydrogens (tertiary/aromatic N) is 2. The van der Waals surface area contributed by atoms with Gasteiger partial charge in [0.1, 0.15) is 5.75 Å². The van der Waals surface area contributed by atoms with Gasteiger partial charge in [-0.15, -0.1) is 0 Å². The van der Waals surface area contributed by atoms with Crippen molar-refractivity contribution in [3.05, 3.63) is 24.3 Å². The quantitative estimate of drug-likeness (QED) is 0.833. The molecule has 1 saturated heterocycles. The maximum absolute atomic E-state index is 5.21. The van der Waals surface area contributed by atoms with Crippen LogP contribution >= 0.6 is 0 Å². The van der Waals surface area contributed by atoms with Gasteiger partial charge in [-0.25, -0.2) is 0 Å². The molecule has 0 amide bonds. The summed E-state index contributed by atoms with van der Waals surface area (Å²) in [7, 11) is 3.75. The Morgan fingerprint density at radius 1 is 1.14 bits per heavy atom. The van der Waals surface area contributed by atoms with Crippen LogP contribution in [0.2, 0.25) is 0 Å². The van der Waals surface area contributed by atoms with Crippen LogP contribution in [0, 0.1) is 0 Å². The fourth-order valence-electron chi connectivity index (χ4n) is 2.79. The smallest absolute Gasteiger partial charge is 0.119 e. The highest BCUT2D eigenvalue weighted by Gasteiger charge is 2.16. The van der Waals surface area contributed by atoms with Gasteiger partial charge in [0, 0.05) is 37.9 Å². The first-order valence-corrected chi connectivity index (χ1v) is 8.01. The van der Waals surface area contributed by atoms with E-state index in [1.165, 1.54) is 38.2 Å². The summed E-state index contributed by atoms with van der Waals surface area (Å²) in [6.45, 7) is 8.05. The zero-order valence-corrected chi connectivity index (χ0v) is 13.6. The summed E-state index contributed by atoms with van der Waals surface area (Å²) in [6.07, 6.45) is 2.54. The summed E-state index contributed by atoms with van der Waals surface area (Å²) in [5, 5.41) is 3.30. The number of nitrogens with one attached hydrogen (secondary N) is 1. The average molecular weight is 291 g/mol. The van der Waals surface area contributed by atoms with Gasteiger partial charge < -0.3 is 15.0 Å². The molecule has 1 aliphatic heterocycles. The van der Waals surface area contributed by atoms with Gasteiger partial charge in [0.05, 0.1) is 7.11 Å². The standard InChI is InChI=1S/C17H29N3O/c1-15(18-2)5-4-10-19-11-13-20(14-12-19)16-6-8-17(21-3)9-7-16/h6-9,15,18H,4-5,10-14H2,1-3H3. The van der Waals surface area contributed by atoms with E-state index in [1.807, 2.05) is 19.2 Å². The van der Waals surface area contributed by atoms with Crippen LogP contribution in [-0.4, -0.2) is 57.8 Å². The third-order valence-electron chi connectivity index (χ3n) is 4.41. The van der Waals surface area contributed by atoms with E-state index in [0.717, 1.165) is 18.8 Å². The number of rotatable bonds is 7. The molecule has 0 aromatic heterocycles. The minimum atomic E-state index is 0.630. The summed E-state index contributed by atoms with van der Waals surface area (Å²) in [4.78, 5) is 5.05. The summed E-state index contributed by atoms with van der Waals surface area (Å²) >= 11 is 0. The van der Waals surface area contributed by atoms with Gasteiger partial charge >= 0.3 is 0 Å². The number of methoxy groups -OCH3 is 1. The minimum Gasteiger partial charge on any atom is -0.497 e. The predicted molar refractivity (Wildman–Crippen MR) is 89.4 cm³/mol. The van der Waals surface area contributed by atoms with Crippen molar-refractivity contribution < 1.29 is 4.74 Å². The van der Waals surface area contributed by atoms with Crippen LogP contribution in [0.3, 0.4) is 0 Å². The molecule has 1 atom stereocenters. The Morgan fingerprint density at radius 2 is 1.81 bits per heavy atom. The fraction of sp³-hybridized carbons (Fsp3) is 0.647. The van der Waals surface area contributed by atoms with Crippen molar-refractivity contribution in [1.82, 2.24) is 10.2 Å². The number of anilines is 1. The van der Waals surface area contributed by atoms with E-state index in [2.05, 4.69) is 34.2 Å². The van der Waals surface area contributed by atoms with Gasteiger partial charge in [-0.2, -0.15) is 0 Å². The van der Waals surface area contributed by atoms with Crippen molar-refractivity contribution >= 4 is 5.69 Å². The lowest BCUT2D eigenvalue weighted by Crippen LogP contribution is -2.46. The Labute approximate surface area is 129 Å². The molecule has 21 heavy (non-hydrogen) atoms. The minimum absolute atomic E-state index is 0.630. The monoisotopic (exact) mass is 291 g/mol. The highest BCUT2D eigenvalue weighted by molar-refractivity contribution is 5.49. The second kappa shape index (κ2) is 8.25. The van der Waals surface area contributed by atoms with Gasteiger partial charge in [0.15, 0.2) is 0 Å². The maximum Gasteiger partial charge on any atom is 0.119 e. The SMILES string of the molecule is CNC(C)CCCN1CCN(c2ccc(OC)cc2)CC1. The molecular formula is C17H29N3O. The van der Waals surface area contributed by atoms with Gasteiger partial charge in [-0.05, 0) is 57.6 Å². The Kier molecular flexibility index (Phi) is 6.33. The first kappa shape index (κ1) is 16.1. The summed E-state index contributed by atoms with van der Waals surface area (Å²) in [6, 6.07) is 9.03. The van der Waals surface area contributed by atoms with Crippen molar-refractivity contribution in [2.24, 2.45) is 0 Å². The van der Waals surface area contributed by atoms with Crippen molar-refractivity contribution in [2.75, 3.05) is 51.8 Å². The molecule has 2 rings (SSSR count). The molecule has 1 aliphatic rings. The van der Waals surface area contributed by atoms with Crippen LogP contribution in [0.1, 0.15) is 19.8 Å². The number of ether oxygens (including phenoxy) is 1. The van der Waals surface area contributed by atoms with Gasteiger partial charge in [0.2, 0.25) is 0 Å². The molecule has 1 heterocycles. The second-order valence-electron chi connectivity index (χ2n) is 5.86. The van der Waals surface area contributed by atoms with Crippen molar-refractivity contribution in [1.29, 1.82) is 0 Å². The Hall–Kier alpha value is -1.26. The second-order valence-corrected chi connectivity index (χ2v) is 5.86. The van der Waals surface area contributed by atoms with E-state index in [4.69, 9.17) is 4.74 Å². The average Bonchev–Trinajstić information content (AvgIpc) is 2.55. The summed E-state index contributed by atoms with van der Waals surface area (Å²) in [5.74, 6) is 0.927. The maximum atomic E-state index is 5.21. The van der Waals surface area contributed by atoms with E-state index >= 15 is 0 Å². The Bertz CT molecular complexity index is 399. The molecule has 1 aromatic carbocycles. The molecule has 0 spiro atoms. The van der Waals surface area contributed by atoms with Gasteiger partial charge in [-0.1, -0.05) is 0 Å². The highest BCUT2D eigenvalue weighted by atomic mass is 16.5. The van der Waals surface area contributed by atoms with Gasteiger partial charge in [0.25, 0.3) is 0 Å². The lowest BCUT2D eigenvalue weighted by Gasteiger charge is -2.36. The molecule has 1 unspecified atom stereocenters. The Balaban J connectivity index is 1.72. The number of piperazine rings is 1. The van der Waals surface area contributed by atoms with Crippen molar-refractivity contribution in [3.63, 3.8) is 0 Å². The number of hydrogen-bond acceptors (Lipinski definition) is 4. The largest absolute Gasteiger partial charge is 0.497 e. The number of benzene rings is 1. The molecule has 0 aliphatic carbocycles. The molecule has 118 valence electrons. The molecule has 4 heteroatoms.